The van der Waals surface area contributed by atoms with Crippen molar-refractivity contribution >= 4 is 17.8 Å². The summed E-state index contributed by atoms with van der Waals surface area (Å²) in [5, 5.41) is 6.41. The number of benzene rings is 1. The quantitative estimate of drug-likeness (QED) is 0.0384. The van der Waals surface area contributed by atoms with Crippen LogP contribution in [-0.4, -0.2) is 74.9 Å². The first kappa shape index (κ1) is 50.4. The number of halogens is 3. The lowest BCUT2D eigenvalue weighted by Gasteiger charge is -2.25. The van der Waals surface area contributed by atoms with Crippen LogP contribution in [0.4, 0.5) is 18.9 Å². The second kappa shape index (κ2) is 28.7. The molecule has 2 rings (SSSR count). The van der Waals surface area contributed by atoms with Gasteiger partial charge >= 0.3 is 6.18 Å². The fraction of sp³-hybridized carbons (Fsp3) is 0.727. The summed E-state index contributed by atoms with van der Waals surface area (Å²) in [5.41, 5.74) is 2.74. The van der Waals surface area contributed by atoms with Gasteiger partial charge in [0, 0.05) is 42.5 Å². The van der Waals surface area contributed by atoms with Crippen molar-refractivity contribution in [2.24, 2.45) is 10.4 Å². The van der Waals surface area contributed by atoms with Crippen molar-refractivity contribution in [3.05, 3.63) is 52.9 Å². The van der Waals surface area contributed by atoms with Crippen LogP contribution < -0.4 is 10.6 Å². The lowest BCUT2D eigenvalue weighted by molar-refractivity contribution is -0.108. The maximum absolute atomic E-state index is 14.2. The third-order valence-electron chi connectivity index (χ3n) is 9.58. The molecule has 9 heteroatoms. The molecule has 0 radical (unpaired) electrons. The van der Waals surface area contributed by atoms with E-state index in [2.05, 4.69) is 100 Å². The predicted molar refractivity (Wildman–Crippen MR) is 224 cm³/mol. The van der Waals surface area contributed by atoms with Crippen LogP contribution >= 0.6 is 0 Å². The van der Waals surface area contributed by atoms with Gasteiger partial charge in [-0.25, -0.2) is 4.99 Å². The second-order valence-electron chi connectivity index (χ2n) is 14.9. The van der Waals surface area contributed by atoms with Gasteiger partial charge in [0.25, 0.3) is 0 Å². The molecule has 1 unspecified atom stereocenters. The fourth-order valence-electron chi connectivity index (χ4n) is 6.06. The number of allylic oxidation sites excluding steroid dienone is 2. The van der Waals surface area contributed by atoms with Crippen LogP contribution in [0, 0.1) is 5.41 Å². The summed E-state index contributed by atoms with van der Waals surface area (Å²) in [6, 6.07) is 6.27. The van der Waals surface area contributed by atoms with Gasteiger partial charge in [-0.1, -0.05) is 92.9 Å². The van der Waals surface area contributed by atoms with Crippen LogP contribution in [-0.2, 0) is 11.2 Å². The van der Waals surface area contributed by atoms with Gasteiger partial charge in [0.1, 0.15) is 12.1 Å². The molecule has 2 N–H and O–H groups in total. The summed E-state index contributed by atoms with van der Waals surface area (Å²) in [6.07, 6.45) is 12.2. The van der Waals surface area contributed by atoms with Gasteiger partial charge in [-0.15, -0.1) is 0 Å². The summed E-state index contributed by atoms with van der Waals surface area (Å²) >= 11 is 0. The molecular weight excluding hydrogens is 672 g/mol. The normalized spacial score (nSPS) is 15.0. The van der Waals surface area contributed by atoms with Crippen LogP contribution in [0.3, 0.4) is 0 Å². The Morgan fingerprint density at radius 1 is 0.906 bits per heavy atom. The Kier molecular flexibility index (Phi) is 27.3. The number of carbonyl (C=O) groups excluding carboxylic acids is 1. The SMILES string of the molecule is CCC/C=C(NCC1(CN(C)CCC)CC1)/C(=C\N=C(C)Nc1ccc(C(C)CC)cc1CC)C(F)(F)F.CCCCCC=O.CCCN(C)CCC. The van der Waals surface area contributed by atoms with E-state index >= 15 is 0 Å². The number of aliphatic imine (C=N–C) groups is 1. The molecule has 0 amide bonds. The van der Waals surface area contributed by atoms with Crippen LogP contribution in [0.2, 0.25) is 0 Å². The minimum absolute atomic E-state index is 0.0463. The summed E-state index contributed by atoms with van der Waals surface area (Å²) in [5.74, 6) is 0.886. The summed E-state index contributed by atoms with van der Waals surface area (Å²) < 4.78 is 42.7. The van der Waals surface area contributed by atoms with Crippen molar-refractivity contribution in [2.45, 2.75) is 158 Å². The second-order valence-corrected chi connectivity index (χ2v) is 14.9. The molecule has 1 aliphatic rings. The molecule has 1 aliphatic carbocycles. The molecule has 1 aromatic carbocycles. The molecule has 1 saturated carbocycles. The molecule has 0 bridgehead atoms. The van der Waals surface area contributed by atoms with Gasteiger partial charge in [-0.2, -0.15) is 13.2 Å². The van der Waals surface area contributed by atoms with Crippen LogP contribution in [0.1, 0.15) is 156 Å². The van der Waals surface area contributed by atoms with Gasteiger partial charge in [-0.05, 0) is 122 Å². The van der Waals surface area contributed by atoms with E-state index in [0.29, 0.717) is 24.7 Å². The zero-order chi connectivity index (χ0) is 40.3. The molecule has 306 valence electrons. The average molecular weight is 750 g/mol. The standard InChI is InChI=1S/C31H49F3N4.C7H17N.C6H12O/c1-8-12-13-29(36-21-30(16-17-30)22-38(7)18-9-2)27(31(32,33)34)20-35-24(6)37-28-15-14-26(23(5)10-3)19-25(28)11-4;1-4-6-8(3)7-5-2;1-2-3-4-5-6-7/h13-15,19-20,23,36H,8-12,16-18,21-22H2,1-7H3,(H,35,37);4-7H2,1-3H3;6H,2-5H2,1H3/b27-20+,29-13-;;. The van der Waals surface area contributed by atoms with Crippen molar-refractivity contribution in [3.8, 4) is 0 Å². The number of rotatable bonds is 23. The Labute approximate surface area is 323 Å². The molecular formula is C44H78F3N5O. The highest BCUT2D eigenvalue weighted by Crippen LogP contribution is 2.46. The third-order valence-corrected chi connectivity index (χ3v) is 9.58. The van der Waals surface area contributed by atoms with Gasteiger partial charge < -0.3 is 25.2 Å². The largest absolute Gasteiger partial charge is 0.419 e. The zero-order valence-electron chi connectivity index (χ0n) is 35.7. The van der Waals surface area contributed by atoms with Gasteiger partial charge in [0.15, 0.2) is 0 Å². The minimum Gasteiger partial charge on any atom is -0.384 e. The highest BCUT2D eigenvalue weighted by Gasteiger charge is 2.44. The monoisotopic (exact) mass is 750 g/mol. The molecule has 1 atom stereocenters. The number of anilines is 1. The smallest absolute Gasteiger partial charge is 0.384 e. The van der Waals surface area contributed by atoms with E-state index in [0.717, 1.165) is 88.2 Å². The lowest BCUT2D eigenvalue weighted by atomic mass is 9.95. The Morgan fingerprint density at radius 2 is 1.53 bits per heavy atom. The number of nitrogens with one attached hydrogen (secondary N) is 2. The number of hydrogen-bond donors (Lipinski definition) is 2. The van der Waals surface area contributed by atoms with Crippen molar-refractivity contribution in [1.29, 1.82) is 0 Å². The van der Waals surface area contributed by atoms with Crippen molar-refractivity contribution < 1.29 is 18.0 Å². The highest BCUT2D eigenvalue weighted by atomic mass is 19.4. The number of aldehydes is 1. The first-order valence-electron chi connectivity index (χ1n) is 20.7. The van der Waals surface area contributed by atoms with Crippen molar-refractivity contribution in [3.63, 3.8) is 0 Å². The van der Waals surface area contributed by atoms with E-state index < -0.39 is 11.7 Å². The highest BCUT2D eigenvalue weighted by molar-refractivity contribution is 5.94. The molecule has 0 heterocycles. The third kappa shape index (κ3) is 22.4. The number of carbonyl (C=O) groups is 1. The number of nitrogens with zero attached hydrogens (tertiary/aromatic N) is 3. The summed E-state index contributed by atoms with van der Waals surface area (Å²) in [7, 11) is 4.26. The number of aryl methyl sites for hydroxylation is 1. The number of alkyl halides is 3. The van der Waals surface area contributed by atoms with Gasteiger partial charge in [-0.3, -0.25) is 0 Å². The minimum atomic E-state index is -4.52. The van der Waals surface area contributed by atoms with E-state index in [1.54, 1.807) is 13.0 Å². The molecule has 1 fully saturated rings. The maximum Gasteiger partial charge on any atom is 0.419 e. The van der Waals surface area contributed by atoms with E-state index in [-0.39, 0.29) is 11.1 Å². The molecule has 0 aliphatic heterocycles. The Hall–Kier alpha value is -2.65. The van der Waals surface area contributed by atoms with Crippen molar-refractivity contribution in [1.82, 2.24) is 15.1 Å². The number of hydrogen-bond acceptors (Lipinski definition) is 5. The average Bonchev–Trinajstić information content (AvgIpc) is 3.88. The van der Waals surface area contributed by atoms with Crippen molar-refractivity contribution in [2.75, 3.05) is 52.1 Å². The lowest BCUT2D eigenvalue weighted by Crippen LogP contribution is -2.35. The van der Waals surface area contributed by atoms with E-state index in [1.165, 1.54) is 44.3 Å². The molecule has 0 aromatic heterocycles. The van der Waals surface area contributed by atoms with Crippen LogP contribution in [0.15, 0.2) is 46.7 Å². The Morgan fingerprint density at radius 3 is 2.02 bits per heavy atom. The Bertz CT molecular complexity index is 1200. The predicted octanol–water partition coefficient (Wildman–Crippen LogP) is 11.9. The van der Waals surface area contributed by atoms with Gasteiger partial charge in [0.2, 0.25) is 0 Å². The van der Waals surface area contributed by atoms with E-state index in [4.69, 9.17) is 0 Å². The van der Waals surface area contributed by atoms with E-state index in [9.17, 15) is 18.0 Å². The van der Waals surface area contributed by atoms with E-state index in [1.807, 2.05) is 13.0 Å². The molecule has 6 nitrogen and oxygen atoms in total. The van der Waals surface area contributed by atoms with Crippen LogP contribution in [0.5, 0.6) is 0 Å². The summed E-state index contributed by atoms with van der Waals surface area (Å²) in [6.45, 7) is 23.7. The number of amidine groups is 1. The number of unbranched alkanes of at least 4 members (excludes halogenated alkanes) is 4. The first-order chi connectivity index (χ1) is 25.2. The zero-order valence-corrected chi connectivity index (χ0v) is 35.7. The van der Waals surface area contributed by atoms with Gasteiger partial charge in [0.05, 0.1) is 5.57 Å². The molecule has 1 aromatic rings. The first-order valence-corrected chi connectivity index (χ1v) is 20.7. The molecule has 0 saturated heterocycles. The fourth-order valence-corrected chi connectivity index (χ4v) is 6.06. The van der Waals surface area contributed by atoms with Crippen LogP contribution in [0.25, 0.3) is 0 Å². The summed E-state index contributed by atoms with van der Waals surface area (Å²) in [4.78, 5) is 18.6. The topological polar surface area (TPSA) is 60.0 Å². The molecule has 0 spiro atoms. The molecule has 53 heavy (non-hydrogen) atoms. The maximum atomic E-state index is 14.2. The Balaban J connectivity index is 0.00000150.